The van der Waals surface area contributed by atoms with Crippen molar-refractivity contribution in [2.75, 3.05) is 25.5 Å². The van der Waals surface area contributed by atoms with Crippen molar-refractivity contribution in [1.29, 1.82) is 0 Å². The molecule has 3 nitrogen and oxygen atoms in total. The minimum atomic E-state index is 0.621. The van der Waals surface area contributed by atoms with Crippen LogP contribution in [0.3, 0.4) is 0 Å². The van der Waals surface area contributed by atoms with Crippen LogP contribution in [-0.4, -0.2) is 26.2 Å². The lowest BCUT2D eigenvalue weighted by Crippen LogP contribution is -2.29. The van der Waals surface area contributed by atoms with Crippen molar-refractivity contribution in [1.82, 2.24) is 5.32 Å². The maximum atomic E-state index is 5.18. The second kappa shape index (κ2) is 5.87. The second-order valence-electron chi connectivity index (χ2n) is 4.26. The number of ether oxygens (including phenoxy) is 1. The number of nitrogens with one attached hydrogen (secondary N) is 2. The molecule has 1 aliphatic rings. The van der Waals surface area contributed by atoms with Gasteiger partial charge in [0.05, 0.1) is 6.61 Å². The smallest absolute Gasteiger partial charge is 0.0733 e. The van der Waals surface area contributed by atoms with Crippen LogP contribution in [0.15, 0.2) is 24.3 Å². The molecule has 0 saturated carbocycles. The summed E-state index contributed by atoms with van der Waals surface area (Å²) in [6, 6.07) is 8.95. The first kappa shape index (κ1) is 11.4. The number of hydrogen-bond acceptors (Lipinski definition) is 3. The van der Waals surface area contributed by atoms with Gasteiger partial charge in [-0.2, -0.15) is 0 Å². The second-order valence-corrected chi connectivity index (χ2v) is 4.26. The maximum Gasteiger partial charge on any atom is 0.0733 e. The Morgan fingerprint density at radius 3 is 3.06 bits per heavy atom. The molecule has 3 heteroatoms. The van der Waals surface area contributed by atoms with Crippen LogP contribution in [0.1, 0.15) is 18.4 Å². The fourth-order valence-corrected chi connectivity index (χ4v) is 2.14. The molecule has 16 heavy (non-hydrogen) atoms. The number of benzene rings is 1. The zero-order chi connectivity index (χ0) is 11.2. The van der Waals surface area contributed by atoms with E-state index in [1.807, 2.05) is 6.07 Å². The first-order valence-corrected chi connectivity index (χ1v) is 5.94. The molecule has 1 atom stereocenters. The van der Waals surface area contributed by atoms with Crippen molar-refractivity contribution < 1.29 is 4.74 Å². The highest BCUT2D eigenvalue weighted by Gasteiger charge is 2.13. The van der Waals surface area contributed by atoms with Crippen LogP contribution < -0.4 is 10.6 Å². The van der Waals surface area contributed by atoms with E-state index in [9.17, 15) is 0 Å². The number of rotatable bonds is 5. The average molecular weight is 220 g/mol. The fraction of sp³-hybridized carbons (Fsp3) is 0.538. The lowest BCUT2D eigenvalue weighted by atomic mass is 10.1. The van der Waals surface area contributed by atoms with E-state index in [1.54, 1.807) is 7.11 Å². The van der Waals surface area contributed by atoms with Gasteiger partial charge in [0.1, 0.15) is 0 Å². The molecule has 1 fully saturated rings. The van der Waals surface area contributed by atoms with Crippen LogP contribution >= 0.6 is 0 Å². The molecule has 0 aliphatic carbocycles. The maximum absolute atomic E-state index is 5.18. The molecule has 1 saturated heterocycles. The van der Waals surface area contributed by atoms with E-state index in [2.05, 4.69) is 28.8 Å². The molecule has 1 aromatic rings. The van der Waals surface area contributed by atoms with E-state index in [0.717, 1.165) is 13.1 Å². The van der Waals surface area contributed by atoms with Crippen LogP contribution in [0.4, 0.5) is 5.69 Å². The molecule has 1 heterocycles. The lowest BCUT2D eigenvalue weighted by molar-refractivity contribution is 0.185. The van der Waals surface area contributed by atoms with Crippen molar-refractivity contribution in [2.45, 2.75) is 25.5 Å². The van der Waals surface area contributed by atoms with Gasteiger partial charge in [0.15, 0.2) is 0 Å². The Morgan fingerprint density at radius 1 is 1.44 bits per heavy atom. The molecule has 0 bridgehead atoms. The number of para-hydroxylation sites is 1. The Kier molecular flexibility index (Phi) is 4.19. The normalized spacial score (nSPS) is 19.9. The number of methoxy groups -OCH3 is 1. The molecule has 1 unspecified atom stereocenters. The first-order chi connectivity index (χ1) is 7.90. The van der Waals surface area contributed by atoms with Gasteiger partial charge in [0.2, 0.25) is 0 Å². The topological polar surface area (TPSA) is 33.3 Å². The first-order valence-electron chi connectivity index (χ1n) is 5.94. The van der Waals surface area contributed by atoms with Gasteiger partial charge in [0, 0.05) is 30.9 Å². The third-order valence-electron chi connectivity index (χ3n) is 3.02. The predicted octanol–water partition coefficient (Wildman–Crippen LogP) is 2.00. The Bertz CT molecular complexity index is 321. The van der Waals surface area contributed by atoms with E-state index in [0.29, 0.717) is 12.6 Å². The van der Waals surface area contributed by atoms with Gasteiger partial charge in [-0.1, -0.05) is 18.2 Å². The minimum absolute atomic E-state index is 0.621. The third-order valence-corrected chi connectivity index (χ3v) is 3.02. The SMILES string of the molecule is COCc1ccccc1NCC1CCCN1. The molecule has 88 valence electrons. The molecule has 0 spiro atoms. The van der Waals surface area contributed by atoms with E-state index in [4.69, 9.17) is 4.74 Å². The Balaban J connectivity index is 1.91. The number of anilines is 1. The molecule has 2 N–H and O–H groups in total. The van der Waals surface area contributed by atoms with Crippen molar-refractivity contribution >= 4 is 5.69 Å². The van der Waals surface area contributed by atoms with Crippen LogP contribution in [0.5, 0.6) is 0 Å². The van der Waals surface area contributed by atoms with Gasteiger partial charge in [-0.05, 0) is 25.5 Å². The van der Waals surface area contributed by atoms with Crippen LogP contribution in [-0.2, 0) is 11.3 Å². The standard InChI is InChI=1S/C13H20N2O/c1-16-10-11-5-2-3-7-13(11)15-9-12-6-4-8-14-12/h2-3,5,7,12,14-15H,4,6,8-10H2,1H3. The molecular weight excluding hydrogens is 200 g/mol. The summed E-state index contributed by atoms with van der Waals surface area (Å²) < 4.78 is 5.18. The zero-order valence-corrected chi connectivity index (χ0v) is 9.83. The quantitative estimate of drug-likeness (QED) is 0.796. The van der Waals surface area contributed by atoms with Gasteiger partial charge in [-0.15, -0.1) is 0 Å². The Hall–Kier alpha value is -1.06. The molecule has 1 aliphatic heterocycles. The van der Waals surface area contributed by atoms with E-state index in [1.165, 1.54) is 24.1 Å². The highest BCUT2D eigenvalue weighted by atomic mass is 16.5. The summed E-state index contributed by atoms with van der Waals surface area (Å²) in [6.07, 6.45) is 2.57. The fourth-order valence-electron chi connectivity index (χ4n) is 2.14. The summed E-state index contributed by atoms with van der Waals surface area (Å²) in [5.41, 5.74) is 2.42. The third kappa shape index (κ3) is 2.97. The van der Waals surface area contributed by atoms with Crippen LogP contribution in [0.25, 0.3) is 0 Å². The minimum Gasteiger partial charge on any atom is -0.383 e. The molecule has 1 aromatic carbocycles. The summed E-state index contributed by atoms with van der Waals surface area (Å²) in [6.45, 7) is 2.83. The summed E-state index contributed by atoms with van der Waals surface area (Å²) in [5.74, 6) is 0. The van der Waals surface area contributed by atoms with Gasteiger partial charge in [0.25, 0.3) is 0 Å². The summed E-state index contributed by atoms with van der Waals surface area (Å²) in [4.78, 5) is 0. The highest BCUT2D eigenvalue weighted by molar-refractivity contribution is 5.50. The van der Waals surface area contributed by atoms with E-state index < -0.39 is 0 Å². The summed E-state index contributed by atoms with van der Waals surface area (Å²) >= 11 is 0. The van der Waals surface area contributed by atoms with E-state index in [-0.39, 0.29) is 0 Å². The predicted molar refractivity (Wildman–Crippen MR) is 66.7 cm³/mol. The summed E-state index contributed by atoms with van der Waals surface area (Å²) in [5, 5.41) is 6.98. The summed E-state index contributed by atoms with van der Waals surface area (Å²) in [7, 11) is 1.73. The largest absolute Gasteiger partial charge is 0.383 e. The van der Waals surface area contributed by atoms with Crippen molar-refractivity contribution in [3.8, 4) is 0 Å². The van der Waals surface area contributed by atoms with E-state index >= 15 is 0 Å². The lowest BCUT2D eigenvalue weighted by Gasteiger charge is -2.15. The average Bonchev–Trinajstić information content (AvgIpc) is 2.81. The zero-order valence-electron chi connectivity index (χ0n) is 9.83. The molecule has 2 rings (SSSR count). The molecular formula is C13H20N2O. The van der Waals surface area contributed by atoms with Gasteiger partial charge < -0.3 is 15.4 Å². The van der Waals surface area contributed by atoms with Crippen LogP contribution in [0, 0.1) is 0 Å². The van der Waals surface area contributed by atoms with Crippen LogP contribution in [0.2, 0.25) is 0 Å². The van der Waals surface area contributed by atoms with Gasteiger partial charge in [-0.25, -0.2) is 0 Å². The Labute approximate surface area is 97.2 Å². The highest BCUT2D eigenvalue weighted by Crippen LogP contribution is 2.16. The van der Waals surface area contributed by atoms with Crippen molar-refractivity contribution in [3.05, 3.63) is 29.8 Å². The van der Waals surface area contributed by atoms with Gasteiger partial charge >= 0.3 is 0 Å². The monoisotopic (exact) mass is 220 g/mol. The number of hydrogen-bond donors (Lipinski definition) is 2. The Morgan fingerprint density at radius 2 is 2.31 bits per heavy atom. The van der Waals surface area contributed by atoms with Gasteiger partial charge in [-0.3, -0.25) is 0 Å². The molecule has 0 aromatic heterocycles. The molecule has 0 amide bonds. The molecule has 0 radical (unpaired) electrons. The van der Waals surface area contributed by atoms with Crippen molar-refractivity contribution in [2.24, 2.45) is 0 Å². The van der Waals surface area contributed by atoms with Crippen molar-refractivity contribution in [3.63, 3.8) is 0 Å².